The molecule has 0 amide bonds. The summed E-state index contributed by atoms with van der Waals surface area (Å²) in [7, 11) is 3.79. The molecule has 2 heterocycles. The van der Waals surface area contributed by atoms with Crippen molar-refractivity contribution in [2.24, 2.45) is 0 Å². The van der Waals surface area contributed by atoms with E-state index >= 15 is 0 Å². The zero-order chi connectivity index (χ0) is 8.72. The van der Waals surface area contributed by atoms with E-state index in [0.29, 0.717) is 0 Å². The minimum atomic E-state index is 0.142. The summed E-state index contributed by atoms with van der Waals surface area (Å²) < 4.78 is 3.28. The Morgan fingerprint density at radius 2 is 2.25 bits per heavy atom. The SMILES string of the molecule is CN(C)n1cc(O)n2nccc12. The molecular weight excluding hydrogens is 156 g/mol. The number of aromatic hydroxyl groups is 1. The number of hydrogen-bond donors (Lipinski definition) is 1. The van der Waals surface area contributed by atoms with Gasteiger partial charge in [0.05, 0.1) is 12.4 Å². The first kappa shape index (κ1) is 7.02. The largest absolute Gasteiger partial charge is 0.492 e. The van der Waals surface area contributed by atoms with Gasteiger partial charge in [-0.2, -0.15) is 9.61 Å². The van der Waals surface area contributed by atoms with Crippen LogP contribution in [0.3, 0.4) is 0 Å². The van der Waals surface area contributed by atoms with E-state index in [1.807, 2.05) is 29.8 Å². The predicted octanol–water partition coefficient (Wildman–Crippen LogP) is 0.0390. The van der Waals surface area contributed by atoms with E-state index in [4.69, 9.17) is 0 Å². The van der Waals surface area contributed by atoms with Gasteiger partial charge >= 0.3 is 0 Å². The number of imidazole rings is 1. The molecule has 0 radical (unpaired) electrons. The molecule has 0 spiro atoms. The summed E-state index contributed by atoms with van der Waals surface area (Å²) in [6.07, 6.45) is 3.26. The Bertz CT molecular complexity index is 400. The third-order valence-electron chi connectivity index (χ3n) is 1.74. The summed E-state index contributed by atoms with van der Waals surface area (Å²) >= 11 is 0. The fraction of sp³-hybridized carbons (Fsp3) is 0.286. The minimum Gasteiger partial charge on any atom is -0.492 e. The summed E-state index contributed by atoms with van der Waals surface area (Å²) in [4.78, 5) is 0. The lowest BCUT2D eigenvalue weighted by Crippen LogP contribution is -2.23. The molecule has 64 valence electrons. The fourth-order valence-corrected chi connectivity index (χ4v) is 1.20. The lowest BCUT2D eigenvalue weighted by molar-refractivity contribution is 0.439. The molecule has 1 N–H and O–H groups in total. The summed E-state index contributed by atoms with van der Waals surface area (Å²) in [5, 5.41) is 15.2. The first-order valence-corrected chi connectivity index (χ1v) is 3.62. The zero-order valence-corrected chi connectivity index (χ0v) is 6.97. The first-order chi connectivity index (χ1) is 5.70. The highest BCUT2D eigenvalue weighted by Gasteiger charge is 2.07. The Kier molecular flexibility index (Phi) is 1.27. The van der Waals surface area contributed by atoms with E-state index < -0.39 is 0 Å². The van der Waals surface area contributed by atoms with Gasteiger partial charge in [0.2, 0.25) is 5.88 Å². The normalized spacial score (nSPS) is 10.8. The summed E-state index contributed by atoms with van der Waals surface area (Å²) in [5.74, 6) is 0.142. The molecule has 2 rings (SSSR count). The van der Waals surface area contributed by atoms with Gasteiger partial charge in [0.1, 0.15) is 0 Å². The molecule has 2 aromatic heterocycles. The number of fused-ring (bicyclic) bond motifs is 1. The predicted molar refractivity (Wildman–Crippen MR) is 44.9 cm³/mol. The monoisotopic (exact) mass is 166 g/mol. The van der Waals surface area contributed by atoms with Crippen molar-refractivity contribution in [3.63, 3.8) is 0 Å². The third-order valence-corrected chi connectivity index (χ3v) is 1.74. The Morgan fingerprint density at radius 3 is 2.92 bits per heavy atom. The topological polar surface area (TPSA) is 45.7 Å². The van der Waals surface area contributed by atoms with Crippen LogP contribution in [0.25, 0.3) is 5.65 Å². The van der Waals surface area contributed by atoms with Crippen LogP contribution in [-0.2, 0) is 0 Å². The Hall–Kier alpha value is -1.65. The van der Waals surface area contributed by atoms with Crippen LogP contribution in [-0.4, -0.2) is 33.5 Å². The van der Waals surface area contributed by atoms with Crippen LogP contribution < -0.4 is 5.01 Å². The fourth-order valence-electron chi connectivity index (χ4n) is 1.20. The molecule has 0 saturated carbocycles. The van der Waals surface area contributed by atoms with Crippen LogP contribution in [0.5, 0.6) is 5.88 Å². The average molecular weight is 166 g/mol. The highest BCUT2D eigenvalue weighted by Crippen LogP contribution is 2.13. The smallest absolute Gasteiger partial charge is 0.233 e. The Morgan fingerprint density at radius 1 is 1.50 bits per heavy atom. The van der Waals surface area contributed by atoms with E-state index in [9.17, 15) is 5.11 Å². The molecule has 0 saturated heterocycles. The van der Waals surface area contributed by atoms with Crippen molar-refractivity contribution in [1.82, 2.24) is 14.3 Å². The molecule has 0 aromatic carbocycles. The molecule has 12 heavy (non-hydrogen) atoms. The van der Waals surface area contributed by atoms with E-state index in [1.165, 1.54) is 4.52 Å². The molecule has 0 unspecified atom stereocenters. The lowest BCUT2D eigenvalue weighted by Gasteiger charge is -2.12. The van der Waals surface area contributed by atoms with Crippen LogP contribution in [0, 0.1) is 0 Å². The second-order valence-corrected chi connectivity index (χ2v) is 2.78. The summed E-state index contributed by atoms with van der Waals surface area (Å²) in [6.45, 7) is 0. The van der Waals surface area contributed by atoms with Gasteiger partial charge in [0.25, 0.3) is 0 Å². The molecule has 0 aliphatic heterocycles. The maximum absolute atomic E-state index is 9.38. The molecule has 5 nitrogen and oxygen atoms in total. The zero-order valence-electron chi connectivity index (χ0n) is 6.97. The van der Waals surface area contributed by atoms with Gasteiger partial charge in [-0.05, 0) is 0 Å². The second kappa shape index (κ2) is 2.17. The first-order valence-electron chi connectivity index (χ1n) is 3.62. The highest BCUT2D eigenvalue weighted by molar-refractivity contribution is 5.43. The van der Waals surface area contributed by atoms with Crippen LogP contribution in [0.1, 0.15) is 0 Å². The van der Waals surface area contributed by atoms with Crippen molar-refractivity contribution >= 4 is 5.65 Å². The van der Waals surface area contributed by atoms with Gasteiger partial charge in [0, 0.05) is 20.2 Å². The third kappa shape index (κ3) is 0.761. The maximum atomic E-state index is 9.38. The van der Waals surface area contributed by atoms with Gasteiger partial charge in [-0.1, -0.05) is 0 Å². The van der Waals surface area contributed by atoms with Gasteiger partial charge < -0.3 is 10.1 Å². The van der Waals surface area contributed by atoms with Gasteiger partial charge in [-0.15, -0.1) is 0 Å². The van der Waals surface area contributed by atoms with E-state index in [-0.39, 0.29) is 5.88 Å². The molecule has 0 aliphatic rings. The van der Waals surface area contributed by atoms with Gasteiger partial charge in [0.15, 0.2) is 5.65 Å². The van der Waals surface area contributed by atoms with E-state index in [2.05, 4.69) is 5.10 Å². The molecule has 5 heteroatoms. The molecule has 0 atom stereocenters. The van der Waals surface area contributed by atoms with E-state index in [0.717, 1.165) is 5.65 Å². The average Bonchev–Trinajstić information content (AvgIpc) is 2.53. The molecule has 0 aliphatic carbocycles. The number of aromatic nitrogens is 3. The van der Waals surface area contributed by atoms with Crippen molar-refractivity contribution in [1.29, 1.82) is 0 Å². The van der Waals surface area contributed by atoms with Crippen molar-refractivity contribution in [3.8, 4) is 5.88 Å². The van der Waals surface area contributed by atoms with Crippen molar-refractivity contribution in [2.75, 3.05) is 19.1 Å². The number of rotatable bonds is 1. The Balaban J connectivity index is 2.75. The van der Waals surface area contributed by atoms with Crippen molar-refractivity contribution in [3.05, 3.63) is 18.5 Å². The van der Waals surface area contributed by atoms with Crippen LogP contribution in [0.15, 0.2) is 18.5 Å². The molecule has 2 aromatic rings. The quantitative estimate of drug-likeness (QED) is 0.650. The van der Waals surface area contributed by atoms with Crippen molar-refractivity contribution < 1.29 is 5.11 Å². The molecular formula is C7H10N4O. The Labute approximate surface area is 69.4 Å². The van der Waals surface area contributed by atoms with Crippen LogP contribution in [0.4, 0.5) is 0 Å². The standard InChI is InChI=1S/C7H10N4O/c1-9(2)10-5-7(12)11-6(10)3-4-8-11/h3-5,12H,1-2H3. The minimum absolute atomic E-state index is 0.142. The van der Waals surface area contributed by atoms with Gasteiger partial charge in [-0.3, -0.25) is 0 Å². The summed E-state index contributed by atoms with van der Waals surface area (Å²) in [6, 6.07) is 1.83. The molecule has 0 bridgehead atoms. The van der Waals surface area contributed by atoms with E-state index in [1.54, 1.807) is 12.4 Å². The lowest BCUT2D eigenvalue weighted by atomic mass is 10.7. The summed E-state index contributed by atoms with van der Waals surface area (Å²) in [5.41, 5.74) is 0.845. The van der Waals surface area contributed by atoms with Gasteiger partial charge in [-0.25, -0.2) is 4.68 Å². The van der Waals surface area contributed by atoms with Crippen molar-refractivity contribution in [2.45, 2.75) is 0 Å². The number of nitrogens with zero attached hydrogens (tertiary/aromatic N) is 4. The number of hydrogen-bond acceptors (Lipinski definition) is 3. The van der Waals surface area contributed by atoms with Crippen LogP contribution in [0.2, 0.25) is 0 Å². The van der Waals surface area contributed by atoms with Crippen LogP contribution >= 0.6 is 0 Å². The molecule has 0 fully saturated rings. The maximum Gasteiger partial charge on any atom is 0.233 e. The highest BCUT2D eigenvalue weighted by atomic mass is 16.3. The second-order valence-electron chi connectivity index (χ2n) is 2.78.